The third-order valence-electron chi connectivity index (χ3n) is 4.48. The van der Waals surface area contributed by atoms with Crippen LogP contribution in [-0.2, 0) is 11.3 Å². The van der Waals surface area contributed by atoms with Crippen LogP contribution in [0.5, 0.6) is 0 Å². The number of nitrogens with one attached hydrogen (secondary N) is 1. The molecule has 3 aromatic heterocycles. The minimum absolute atomic E-state index is 0.0473. The number of carboxylic acids is 1. The Morgan fingerprint density at radius 3 is 2.76 bits per heavy atom. The maximum atomic E-state index is 13.2. The first-order valence-corrected chi connectivity index (χ1v) is 9.65. The summed E-state index contributed by atoms with van der Waals surface area (Å²) < 4.78 is 0. The van der Waals surface area contributed by atoms with Crippen LogP contribution in [0.15, 0.2) is 12.3 Å². The molecule has 0 unspecified atom stereocenters. The second-order valence-electron chi connectivity index (χ2n) is 6.42. The zero-order valence-electron chi connectivity index (χ0n) is 15.4. The zero-order valence-corrected chi connectivity index (χ0v) is 16.9. The number of halogens is 1. The Kier molecular flexibility index (Phi) is 4.59. The first kappa shape index (κ1) is 19.1. The lowest BCUT2D eigenvalue weighted by molar-refractivity contribution is -0.113. The minimum atomic E-state index is -1.07. The van der Waals surface area contributed by atoms with Crippen molar-refractivity contribution in [3.05, 3.63) is 49.8 Å². The van der Waals surface area contributed by atoms with Crippen molar-refractivity contribution in [1.82, 2.24) is 19.9 Å². The van der Waals surface area contributed by atoms with Gasteiger partial charge in [0.1, 0.15) is 10.2 Å². The molecule has 0 spiro atoms. The number of amides is 1. The molecular weight excluding hydrogens is 416 g/mol. The van der Waals surface area contributed by atoms with E-state index in [0.717, 1.165) is 15.6 Å². The molecule has 11 heteroatoms. The second-order valence-corrected chi connectivity index (χ2v) is 8.06. The van der Waals surface area contributed by atoms with Crippen molar-refractivity contribution in [3.63, 3.8) is 0 Å². The number of nitrogen functional groups attached to an aromatic ring is 1. The molecule has 1 aliphatic heterocycles. The summed E-state index contributed by atoms with van der Waals surface area (Å²) in [5.74, 6) is -1.17. The fourth-order valence-electron chi connectivity index (χ4n) is 3.01. The molecule has 0 radical (unpaired) electrons. The van der Waals surface area contributed by atoms with E-state index in [1.807, 2.05) is 13.8 Å². The number of hydrogen-bond donors (Lipinski definition) is 3. The summed E-state index contributed by atoms with van der Waals surface area (Å²) in [5, 5.41) is 9.90. The summed E-state index contributed by atoms with van der Waals surface area (Å²) in [6.45, 7) is 4.08. The summed E-state index contributed by atoms with van der Waals surface area (Å²) in [6.07, 6.45) is 2.87. The highest BCUT2D eigenvalue weighted by atomic mass is 35.5. The van der Waals surface area contributed by atoms with Gasteiger partial charge in [0.2, 0.25) is 5.95 Å². The van der Waals surface area contributed by atoms with Crippen molar-refractivity contribution in [2.75, 3.05) is 10.6 Å². The number of aromatic carboxylic acids is 1. The first-order valence-electron chi connectivity index (χ1n) is 8.46. The number of nitrogens with two attached hydrogens (primary N) is 1. The van der Waals surface area contributed by atoms with Crippen molar-refractivity contribution >= 4 is 58.2 Å². The molecule has 4 rings (SSSR count). The Balaban J connectivity index is 1.80. The molecule has 148 valence electrons. The lowest BCUT2D eigenvalue weighted by atomic mass is 10.1. The summed E-state index contributed by atoms with van der Waals surface area (Å²) in [5.41, 5.74) is 7.76. The molecule has 4 N–H and O–H groups in total. The Morgan fingerprint density at radius 1 is 1.38 bits per heavy atom. The summed E-state index contributed by atoms with van der Waals surface area (Å²) in [4.78, 5) is 42.3. The molecule has 29 heavy (non-hydrogen) atoms. The van der Waals surface area contributed by atoms with E-state index >= 15 is 0 Å². The SMILES string of the molecule is Cc1nc(CN2C(=O)C(=Cc3cc(C(=O)O)c[nH]3)c3c(Cl)nc(N)nc32)sc1C. The largest absolute Gasteiger partial charge is 0.478 e. The van der Waals surface area contributed by atoms with Crippen molar-refractivity contribution in [1.29, 1.82) is 0 Å². The van der Waals surface area contributed by atoms with Gasteiger partial charge < -0.3 is 15.8 Å². The van der Waals surface area contributed by atoms with E-state index < -0.39 is 5.97 Å². The van der Waals surface area contributed by atoms with Crippen molar-refractivity contribution in [2.45, 2.75) is 20.4 Å². The predicted octanol–water partition coefficient (Wildman–Crippen LogP) is 2.90. The molecule has 0 fully saturated rings. The normalized spacial score (nSPS) is 14.7. The number of H-pyrrole nitrogens is 1. The highest BCUT2D eigenvalue weighted by Crippen LogP contribution is 2.41. The second kappa shape index (κ2) is 6.98. The molecule has 0 bridgehead atoms. The highest BCUT2D eigenvalue weighted by molar-refractivity contribution is 7.11. The zero-order chi connectivity index (χ0) is 20.9. The average Bonchev–Trinajstić information content (AvgIpc) is 3.30. The van der Waals surface area contributed by atoms with E-state index in [1.54, 1.807) is 0 Å². The molecular formula is C18H15ClN6O3S. The highest BCUT2D eigenvalue weighted by Gasteiger charge is 2.37. The molecule has 0 saturated carbocycles. The van der Waals surface area contributed by atoms with E-state index in [4.69, 9.17) is 22.4 Å². The number of aromatic amines is 1. The molecule has 0 aliphatic carbocycles. The van der Waals surface area contributed by atoms with E-state index in [1.165, 1.54) is 34.6 Å². The maximum absolute atomic E-state index is 13.2. The van der Waals surface area contributed by atoms with Crippen LogP contribution in [0.1, 0.15) is 37.2 Å². The van der Waals surface area contributed by atoms with Gasteiger partial charge in [0, 0.05) is 16.8 Å². The quantitative estimate of drug-likeness (QED) is 0.427. The number of hydrogen-bond acceptors (Lipinski definition) is 7. The average molecular weight is 431 g/mol. The summed E-state index contributed by atoms with van der Waals surface area (Å²) >= 11 is 7.78. The smallest absolute Gasteiger partial charge is 0.337 e. The number of aromatic nitrogens is 4. The summed E-state index contributed by atoms with van der Waals surface area (Å²) in [7, 11) is 0. The number of fused-ring (bicyclic) bond motifs is 1. The van der Waals surface area contributed by atoms with E-state index in [2.05, 4.69) is 19.9 Å². The molecule has 3 aromatic rings. The number of nitrogens with zero attached hydrogens (tertiary/aromatic N) is 4. The Bertz CT molecular complexity index is 1180. The number of thiazole rings is 1. The lowest BCUT2D eigenvalue weighted by Crippen LogP contribution is -2.26. The number of carboxylic acid groups (broad SMARTS) is 1. The van der Waals surface area contributed by atoms with Crippen LogP contribution in [0.4, 0.5) is 11.8 Å². The van der Waals surface area contributed by atoms with Crippen molar-refractivity contribution in [2.24, 2.45) is 0 Å². The van der Waals surface area contributed by atoms with Crippen LogP contribution in [0.2, 0.25) is 5.15 Å². The van der Waals surface area contributed by atoms with Gasteiger partial charge in [-0.05, 0) is 26.0 Å². The van der Waals surface area contributed by atoms with Crippen LogP contribution in [-0.4, -0.2) is 36.9 Å². The number of anilines is 2. The van der Waals surface area contributed by atoms with Gasteiger partial charge in [-0.1, -0.05) is 11.6 Å². The fraction of sp³-hybridized carbons (Fsp3) is 0.167. The molecule has 1 amide bonds. The van der Waals surface area contributed by atoms with Gasteiger partial charge in [-0.15, -0.1) is 11.3 Å². The number of aryl methyl sites for hydroxylation is 2. The third-order valence-corrected chi connectivity index (χ3v) is 5.81. The molecule has 9 nitrogen and oxygen atoms in total. The van der Waals surface area contributed by atoms with Gasteiger partial charge in [-0.25, -0.2) is 14.8 Å². The topological polar surface area (TPSA) is 138 Å². The third kappa shape index (κ3) is 3.36. The number of rotatable bonds is 4. The standard InChI is InChI=1S/C18H15ClN6O3S/c1-7-8(2)29-12(22-7)6-25-15-13(14(19)23-18(20)24-15)11(16(25)26)4-10-3-9(5-21-10)17(27)28/h3-5,21H,6H2,1-2H3,(H,27,28)(H2,20,23,24). The Hall–Kier alpha value is -3.24. The molecule has 0 aromatic carbocycles. The molecule has 4 heterocycles. The molecule has 0 atom stereocenters. The van der Waals surface area contributed by atoms with Crippen LogP contribution < -0.4 is 10.6 Å². The Morgan fingerprint density at radius 2 is 2.14 bits per heavy atom. The van der Waals surface area contributed by atoms with Gasteiger partial charge in [0.05, 0.1) is 28.9 Å². The van der Waals surface area contributed by atoms with Crippen LogP contribution >= 0.6 is 22.9 Å². The van der Waals surface area contributed by atoms with Crippen LogP contribution in [0, 0.1) is 13.8 Å². The van der Waals surface area contributed by atoms with Gasteiger partial charge in [0.15, 0.2) is 5.82 Å². The number of carbonyl (C=O) groups is 2. The first-order chi connectivity index (χ1) is 13.7. The van der Waals surface area contributed by atoms with Crippen molar-refractivity contribution < 1.29 is 14.7 Å². The van der Waals surface area contributed by atoms with E-state index in [0.29, 0.717) is 17.1 Å². The van der Waals surface area contributed by atoms with Crippen LogP contribution in [0.25, 0.3) is 11.6 Å². The van der Waals surface area contributed by atoms with E-state index in [9.17, 15) is 9.59 Å². The van der Waals surface area contributed by atoms with E-state index in [-0.39, 0.29) is 34.7 Å². The Labute approximate surface area is 173 Å². The minimum Gasteiger partial charge on any atom is -0.478 e. The van der Waals surface area contributed by atoms with Gasteiger partial charge in [-0.3, -0.25) is 9.69 Å². The van der Waals surface area contributed by atoms with Gasteiger partial charge in [0.25, 0.3) is 5.91 Å². The fourth-order valence-corrected chi connectivity index (χ4v) is 4.21. The lowest BCUT2D eigenvalue weighted by Gasteiger charge is -2.14. The van der Waals surface area contributed by atoms with Gasteiger partial charge in [-0.2, -0.15) is 4.98 Å². The van der Waals surface area contributed by atoms with Crippen molar-refractivity contribution in [3.8, 4) is 0 Å². The predicted molar refractivity (Wildman–Crippen MR) is 110 cm³/mol. The number of carbonyl (C=O) groups excluding carboxylic acids is 1. The van der Waals surface area contributed by atoms with Gasteiger partial charge >= 0.3 is 5.97 Å². The molecule has 0 saturated heterocycles. The van der Waals surface area contributed by atoms with Crippen LogP contribution in [0.3, 0.4) is 0 Å². The summed E-state index contributed by atoms with van der Waals surface area (Å²) in [6, 6.07) is 1.42. The monoisotopic (exact) mass is 430 g/mol. The molecule has 1 aliphatic rings. The maximum Gasteiger partial charge on any atom is 0.337 e.